The average Bonchev–Trinajstić information content (AvgIpc) is 2.74. The van der Waals surface area contributed by atoms with E-state index in [9.17, 15) is 14.7 Å². The molecule has 0 aliphatic carbocycles. The smallest absolute Gasteiger partial charge is 0.320 e. The highest BCUT2D eigenvalue weighted by Gasteiger charge is 2.51. The second-order valence-corrected chi connectivity index (χ2v) is 5.97. The third-order valence-corrected chi connectivity index (χ3v) is 5.26. The zero-order valence-electron chi connectivity index (χ0n) is 11.6. The van der Waals surface area contributed by atoms with E-state index in [-0.39, 0.29) is 12.4 Å². The fourth-order valence-electron chi connectivity index (χ4n) is 2.81. The molecule has 5 heteroatoms. The number of aliphatic carboxylic acids is 1. The van der Waals surface area contributed by atoms with E-state index < -0.39 is 16.6 Å². The van der Waals surface area contributed by atoms with Gasteiger partial charge in [0.2, 0.25) is 0 Å². The van der Waals surface area contributed by atoms with Crippen LogP contribution in [0, 0.1) is 0 Å². The summed E-state index contributed by atoms with van der Waals surface area (Å²) < 4.78 is 5.14. The molecule has 1 heterocycles. The van der Waals surface area contributed by atoms with Crippen LogP contribution in [-0.4, -0.2) is 28.9 Å². The average molecular weight is 294 g/mol. The van der Waals surface area contributed by atoms with Crippen molar-refractivity contribution < 1.29 is 19.4 Å². The number of hydrogen-bond acceptors (Lipinski definition) is 4. The van der Waals surface area contributed by atoms with E-state index in [1.54, 1.807) is 6.92 Å². The van der Waals surface area contributed by atoms with Crippen LogP contribution in [0.2, 0.25) is 0 Å². The Labute approximate surface area is 122 Å². The normalized spacial score (nSPS) is 24.2. The van der Waals surface area contributed by atoms with Crippen molar-refractivity contribution in [3.8, 4) is 0 Å². The number of thioether (sulfide) groups is 1. The minimum atomic E-state index is -0.890. The molecule has 0 saturated carbocycles. The Bertz CT molecular complexity index is 528. The van der Waals surface area contributed by atoms with Gasteiger partial charge in [-0.15, -0.1) is 11.8 Å². The monoisotopic (exact) mass is 294 g/mol. The first-order chi connectivity index (χ1) is 9.55. The number of carboxylic acids is 1. The van der Waals surface area contributed by atoms with Crippen molar-refractivity contribution in [2.75, 3.05) is 6.61 Å². The van der Waals surface area contributed by atoms with Crippen molar-refractivity contribution in [1.82, 2.24) is 0 Å². The van der Waals surface area contributed by atoms with Gasteiger partial charge in [0.05, 0.1) is 13.0 Å². The van der Waals surface area contributed by atoms with Gasteiger partial charge in [-0.2, -0.15) is 0 Å². The third kappa shape index (κ3) is 2.42. The van der Waals surface area contributed by atoms with Crippen LogP contribution in [0.15, 0.2) is 29.2 Å². The maximum absolute atomic E-state index is 12.2. The first kappa shape index (κ1) is 14.9. The molecule has 0 saturated heterocycles. The predicted octanol–water partition coefficient (Wildman–Crippen LogP) is 2.85. The highest BCUT2D eigenvalue weighted by Crippen LogP contribution is 2.53. The first-order valence-corrected chi connectivity index (χ1v) is 7.57. The number of carboxylic acid groups (broad SMARTS) is 1. The summed E-state index contributed by atoms with van der Waals surface area (Å²) >= 11 is 1.42. The lowest BCUT2D eigenvalue weighted by Crippen LogP contribution is -2.41. The highest BCUT2D eigenvalue weighted by molar-refractivity contribution is 8.01. The van der Waals surface area contributed by atoms with Crippen LogP contribution in [-0.2, 0) is 19.7 Å². The van der Waals surface area contributed by atoms with Crippen molar-refractivity contribution in [2.24, 2.45) is 0 Å². The number of esters is 1. The van der Waals surface area contributed by atoms with Gasteiger partial charge in [0.15, 0.2) is 0 Å². The fraction of sp³-hybridized carbons (Fsp3) is 0.467. The van der Waals surface area contributed by atoms with E-state index in [1.807, 2.05) is 31.2 Å². The molecule has 2 unspecified atom stereocenters. The summed E-state index contributed by atoms with van der Waals surface area (Å²) in [5.41, 5.74) is 0.271. The van der Waals surface area contributed by atoms with Gasteiger partial charge in [-0.25, -0.2) is 0 Å². The third-order valence-electron chi connectivity index (χ3n) is 3.77. The van der Waals surface area contributed by atoms with Crippen molar-refractivity contribution in [3.63, 3.8) is 0 Å². The molecule has 2 atom stereocenters. The lowest BCUT2D eigenvalue weighted by molar-refractivity contribution is -0.145. The van der Waals surface area contributed by atoms with Crippen LogP contribution in [0.1, 0.15) is 32.3 Å². The lowest BCUT2D eigenvalue weighted by atomic mass is 9.72. The zero-order chi connectivity index (χ0) is 14.8. The first-order valence-electron chi connectivity index (χ1n) is 6.69. The van der Waals surface area contributed by atoms with E-state index >= 15 is 0 Å². The van der Waals surface area contributed by atoms with Crippen LogP contribution in [0.25, 0.3) is 0 Å². The Balaban J connectivity index is 2.48. The van der Waals surface area contributed by atoms with E-state index in [1.165, 1.54) is 11.8 Å². The van der Waals surface area contributed by atoms with Crippen LogP contribution >= 0.6 is 11.8 Å². The topological polar surface area (TPSA) is 63.6 Å². The largest absolute Gasteiger partial charge is 0.481 e. The van der Waals surface area contributed by atoms with E-state index in [0.29, 0.717) is 13.0 Å². The number of rotatable bonds is 5. The van der Waals surface area contributed by atoms with Crippen molar-refractivity contribution in [3.05, 3.63) is 29.8 Å². The van der Waals surface area contributed by atoms with Gasteiger partial charge in [-0.3, -0.25) is 9.59 Å². The Morgan fingerprint density at radius 2 is 2.05 bits per heavy atom. The minimum Gasteiger partial charge on any atom is -0.481 e. The SMILES string of the molecule is CCOC(=O)C1Sc2ccccc2C1(CC)CC(=O)O. The Morgan fingerprint density at radius 3 is 2.65 bits per heavy atom. The molecule has 0 spiro atoms. The Morgan fingerprint density at radius 1 is 1.35 bits per heavy atom. The molecule has 108 valence electrons. The molecule has 0 bridgehead atoms. The molecule has 2 rings (SSSR count). The molecule has 0 radical (unpaired) electrons. The molecule has 0 aromatic heterocycles. The van der Waals surface area contributed by atoms with Gasteiger partial charge < -0.3 is 9.84 Å². The second kappa shape index (κ2) is 5.87. The molecule has 1 aliphatic heterocycles. The van der Waals surface area contributed by atoms with Gasteiger partial charge in [0.25, 0.3) is 0 Å². The van der Waals surface area contributed by atoms with E-state index in [2.05, 4.69) is 0 Å². The van der Waals surface area contributed by atoms with Crippen molar-refractivity contribution in [2.45, 2.75) is 42.2 Å². The number of fused-ring (bicyclic) bond motifs is 1. The predicted molar refractivity (Wildman–Crippen MR) is 76.9 cm³/mol. The molecular weight excluding hydrogens is 276 g/mol. The maximum atomic E-state index is 12.2. The van der Waals surface area contributed by atoms with Gasteiger partial charge in [-0.1, -0.05) is 25.1 Å². The van der Waals surface area contributed by atoms with Crippen LogP contribution in [0.3, 0.4) is 0 Å². The molecule has 0 fully saturated rings. The zero-order valence-corrected chi connectivity index (χ0v) is 12.4. The number of ether oxygens (including phenoxy) is 1. The van der Waals surface area contributed by atoms with Gasteiger partial charge in [-0.05, 0) is 25.0 Å². The quantitative estimate of drug-likeness (QED) is 0.846. The number of benzene rings is 1. The standard InChI is InChI=1S/C15H18O4S/c1-3-15(9-12(16)17)10-7-5-6-8-11(10)20-13(15)14(18)19-4-2/h5-8,13H,3-4,9H2,1-2H3,(H,16,17). The molecule has 1 N–H and O–H groups in total. The number of carbonyl (C=O) groups excluding carboxylic acids is 1. The molecule has 1 aromatic carbocycles. The molecule has 1 aromatic rings. The summed E-state index contributed by atoms with van der Waals surface area (Å²) in [7, 11) is 0. The fourth-order valence-corrected chi connectivity index (χ4v) is 4.39. The maximum Gasteiger partial charge on any atom is 0.320 e. The highest BCUT2D eigenvalue weighted by atomic mass is 32.2. The summed E-state index contributed by atoms with van der Waals surface area (Å²) in [6, 6.07) is 7.65. The molecule has 0 amide bonds. The van der Waals surface area contributed by atoms with E-state index in [4.69, 9.17) is 4.74 Å². The molecule has 1 aliphatic rings. The second-order valence-electron chi connectivity index (χ2n) is 4.83. The van der Waals surface area contributed by atoms with Gasteiger partial charge in [0, 0.05) is 10.3 Å². The minimum absolute atomic E-state index is 0.0585. The summed E-state index contributed by atoms with van der Waals surface area (Å²) in [6.07, 6.45) is 0.532. The molecule has 4 nitrogen and oxygen atoms in total. The summed E-state index contributed by atoms with van der Waals surface area (Å²) in [4.78, 5) is 24.5. The summed E-state index contributed by atoms with van der Waals surface area (Å²) in [5, 5.41) is 8.78. The Hall–Kier alpha value is -1.49. The molecule has 20 heavy (non-hydrogen) atoms. The summed E-state index contributed by atoms with van der Waals surface area (Å²) in [6.45, 7) is 3.99. The van der Waals surface area contributed by atoms with Crippen LogP contribution in [0.4, 0.5) is 0 Å². The van der Waals surface area contributed by atoms with Gasteiger partial charge >= 0.3 is 11.9 Å². The Kier molecular flexibility index (Phi) is 4.38. The number of hydrogen-bond donors (Lipinski definition) is 1. The van der Waals surface area contributed by atoms with E-state index in [0.717, 1.165) is 10.5 Å². The molecular formula is C15H18O4S. The number of carbonyl (C=O) groups is 2. The van der Waals surface area contributed by atoms with Crippen molar-refractivity contribution in [1.29, 1.82) is 0 Å². The van der Waals surface area contributed by atoms with Crippen LogP contribution in [0.5, 0.6) is 0 Å². The van der Waals surface area contributed by atoms with Crippen LogP contribution < -0.4 is 0 Å². The van der Waals surface area contributed by atoms with Gasteiger partial charge in [0.1, 0.15) is 5.25 Å². The lowest BCUT2D eigenvalue weighted by Gasteiger charge is -2.32. The van der Waals surface area contributed by atoms with Crippen molar-refractivity contribution >= 4 is 23.7 Å². The summed E-state index contributed by atoms with van der Waals surface area (Å²) in [5.74, 6) is -1.21.